The van der Waals surface area contributed by atoms with E-state index in [1.807, 2.05) is 6.92 Å². The summed E-state index contributed by atoms with van der Waals surface area (Å²) in [6, 6.07) is 0. The molecule has 0 radical (unpaired) electrons. The highest BCUT2D eigenvalue weighted by Gasteiger charge is 2.27. The van der Waals surface area contributed by atoms with Crippen molar-refractivity contribution in [3.05, 3.63) is 11.7 Å². The van der Waals surface area contributed by atoms with Crippen LogP contribution in [0.5, 0.6) is 0 Å². The van der Waals surface area contributed by atoms with E-state index in [4.69, 9.17) is 20.9 Å². The van der Waals surface area contributed by atoms with E-state index in [0.717, 1.165) is 12.8 Å². The molecule has 1 aromatic heterocycles. The van der Waals surface area contributed by atoms with Gasteiger partial charge in [0.05, 0.1) is 12.0 Å². The van der Waals surface area contributed by atoms with Gasteiger partial charge in [0.15, 0.2) is 5.82 Å². The molecule has 0 spiro atoms. The van der Waals surface area contributed by atoms with Gasteiger partial charge in [0.2, 0.25) is 0 Å². The smallest absolute Gasteiger partial charge is 0.255 e. The van der Waals surface area contributed by atoms with Gasteiger partial charge in [-0.15, -0.1) is 11.6 Å². The Hall–Kier alpha value is -0.610. The third-order valence-electron chi connectivity index (χ3n) is 2.11. The summed E-state index contributed by atoms with van der Waals surface area (Å²) in [4.78, 5) is 4.11. The number of ether oxygens (including phenoxy) is 1. The summed E-state index contributed by atoms with van der Waals surface area (Å²) in [5.74, 6) is 1.37. The Morgan fingerprint density at radius 2 is 2.38 bits per heavy atom. The van der Waals surface area contributed by atoms with E-state index in [1.165, 1.54) is 0 Å². The van der Waals surface area contributed by atoms with Crippen molar-refractivity contribution in [1.29, 1.82) is 0 Å². The Morgan fingerprint density at radius 1 is 1.54 bits per heavy atom. The van der Waals surface area contributed by atoms with Gasteiger partial charge in [0.1, 0.15) is 6.10 Å². The Morgan fingerprint density at radius 3 is 2.92 bits per heavy atom. The molecule has 1 aliphatic heterocycles. The van der Waals surface area contributed by atoms with Crippen molar-refractivity contribution >= 4 is 11.6 Å². The van der Waals surface area contributed by atoms with Crippen LogP contribution < -0.4 is 0 Å². The molecule has 1 fully saturated rings. The first-order valence-corrected chi connectivity index (χ1v) is 4.87. The van der Waals surface area contributed by atoms with Gasteiger partial charge < -0.3 is 9.26 Å². The highest BCUT2D eigenvalue weighted by molar-refractivity contribution is 6.16. The molecule has 72 valence electrons. The molecular formula is C8H11ClN2O2. The van der Waals surface area contributed by atoms with Crippen LogP contribution in [0.1, 0.15) is 37.6 Å². The lowest BCUT2D eigenvalue weighted by molar-refractivity contribution is 0.0355. The number of halogens is 1. The van der Waals surface area contributed by atoms with Crippen LogP contribution in [-0.2, 0) is 10.6 Å². The minimum absolute atomic E-state index is 0.0283. The minimum Gasteiger partial charge on any atom is -0.365 e. The molecule has 2 atom stereocenters. The first-order chi connectivity index (χ1) is 6.29. The lowest BCUT2D eigenvalue weighted by Gasteiger charge is -2.04. The standard InChI is InChI=1S/C8H11ClN2O2/c1-5-2-3-6(12-5)8-10-7(4-9)11-13-8/h5-6H,2-4H2,1H3. The van der Waals surface area contributed by atoms with Crippen molar-refractivity contribution in [2.75, 3.05) is 0 Å². The molecule has 0 N–H and O–H groups in total. The molecular weight excluding hydrogens is 192 g/mol. The molecule has 0 bridgehead atoms. The van der Waals surface area contributed by atoms with Crippen LogP contribution in [-0.4, -0.2) is 16.2 Å². The zero-order chi connectivity index (χ0) is 9.26. The SMILES string of the molecule is CC1CCC(c2nc(CCl)no2)O1. The molecule has 0 saturated carbocycles. The maximum absolute atomic E-state index is 5.57. The summed E-state index contributed by atoms with van der Waals surface area (Å²) >= 11 is 5.55. The highest BCUT2D eigenvalue weighted by Crippen LogP contribution is 2.31. The zero-order valence-corrected chi connectivity index (χ0v) is 8.12. The van der Waals surface area contributed by atoms with Crippen LogP contribution in [0.2, 0.25) is 0 Å². The molecule has 4 nitrogen and oxygen atoms in total. The lowest BCUT2D eigenvalue weighted by atomic mass is 10.2. The monoisotopic (exact) mass is 202 g/mol. The van der Waals surface area contributed by atoms with Gasteiger partial charge in [-0.2, -0.15) is 4.98 Å². The van der Waals surface area contributed by atoms with E-state index < -0.39 is 0 Å². The Labute approximate surface area is 81.2 Å². The topological polar surface area (TPSA) is 48.2 Å². The predicted octanol–water partition coefficient (Wildman–Crippen LogP) is 2.05. The number of hydrogen-bond acceptors (Lipinski definition) is 4. The van der Waals surface area contributed by atoms with E-state index in [-0.39, 0.29) is 18.1 Å². The maximum Gasteiger partial charge on any atom is 0.255 e. The first kappa shape index (κ1) is 8.97. The number of rotatable bonds is 2. The van der Waals surface area contributed by atoms with Crippen LogP contribution in [0.4, 0.5) is 0 Å². The normalized spacial score (nSPS) is 28.2. The van der Waals surface area contributed by atoms with Gasteiger partial charge in [0, 0.05) is 0 Å². The Bertz CT molecular complexity index is 289. The minimum atomic E-state index is -0.0283. The summed E-state index contributed by atoms with van der Waals surface area (Å²) in [6.45, 7) is 2.04. The fourth-order valence-electron chi connectivity index (χ4n) is 1.44. The summed E-state index contributed by atoms with van der Waals surface area (Å²) in [5.41, 5.74) is 0. The van der Waals surface area contributed by atoms with Crippen molar-refractivity contribution < 1.29 is 9.26 Å². The van der Waals surface area contributed by atoms with Gasteiger partial charge in [-0.1, -0.05) is 5.16 Å². The maximum atomic E-state index is 5.57. The molecule has 0 aliphatic carbocycles. The fourth-order valence-corrected chi connectivity index (χ4v) is 1.55. The van der Waals surface area contributed by atoms with E-state index in [0.29, 0.717) is 11.7 Å². The Kier molecular flexibility index (Phi) is 2.51. The first-order valence-electron chi connectivity index (χ1n) is 4.33. The summed E-state index contributed by atoms with van der Waals surface area (Å²) in [6.07, 6.45) is 2.25. The average Bonchev–Trinajstić information content (AvgIpc) is 2.71. The summed E-state index contributed by atoms with van der Waals surface area (Å²) in [7, 11) is 0. The van der Waals surface area contributed by atoms with Crippen molar-refractivity contribution in [3.8, 4) is 0 Å². The van der Waals surface area contributed by atoms with E-state index >= 15 is 0 Å². The van der Waals surface area contributed by atoms with E-state index in [9.17, 15) is 0 Å². The molecule has 0 aromatic carbocycles. The summed E-state index contributed by atoms with van der Waals surface area (Å²) < 4.78 is 10.6. The lowest BCUT2D eigenvalue weighted by Crippen LogP contribution is -2.01. The number of nitrogens with zero attached hydrogens (tertiary/aromatic N) is 2. The quantitative estimate of drug-likeness (QED) is 0.689. The van der Waals surface area contributed by atoms with Crippen LogP contribution >= 0.6 is 11.6 Å². The molecule has 0 amide bonds. The van der Waals surface area contributed by atoms with Gasteiger partial charge in [0.25, 0.3) is 5.89 Å². The van der Waals surface area contributed by atoms with Crippen molar-refractivity contribution in [2.24, 2.45) is 0 Å². The Balaban J connectivity index is 2.08. The van der Waals surface area contributed by atoms with Gasteiger partial charge in [-0.3, -0.25) is 0 Å². The van der Waals surface area contributed by atoms with Crippen molar-refractivity contribution in [2.45, 2.75) is 37.9 Å². The molecule has 13 heavy (non-hydrogen) atoms. The van der Waals surface area contributed by atoms with Crippen molar-refractivity contribution in [3.63, 3.8) is 0 Å². The molecule has 2 unspecified atom stereocenters. The molecule has 2 heterocycles. The van der Waals surface area contributed by atoms with Gasteiger partial charge >= 0.3 is 0 Å². The third-order valence-corrected chi connectivity index (χ3v) is 2.35. The molecule has 1 aromatic rings. The zero-order valence-electron chi connectivity index (χ0n) is 7.36. The van der Waals surface area contributed by atoms with Gasteiger partial charge in [-0.25, -0.2) is 0 Å². The number of aromatic nitrogens is 2. The second-order valence-electron chi connectivity index (χ2n) is 3.20. The number of hydrogen-bond donors (Lipinski definition) is 0. The molecule has 2 rings (SSSR count). The third kappa shape index (κ3) is 1.84. The molecule has 1 saturated heterocycles. The molecule has 5 heteroatoms. The second-order valence-corrected chi connectivity index (χ2v) is 3.46. The highest BCUT2D eigenvalue weighted by atomic mass is 35.5. The van der Waals surface area contributed by atoms with Crippen LogP contribution in [0, 0.1) is 0 Å². The fraction of sp³-hybridized carbons (Fsp3) is 0.750. The average molecular weight is 203 g/mol. The number of alkyl halides is 1. The second kappa shape index (κ2) is 3.64. The van der Waals surface area contributed by atoms with E-state index in [2.05, 4.69) is 10.1 Å². The van der Waals surface area contributed by atoms with Gasteiger partial charge in [-0.05, 0) is 19.8 Å². The van der Waals surface area contributed by atoms with E-state index in [1.54, 1.807) is 0 Å². The summed E-state index contributed by atoms with van der Waals surface area (Å²) in [5, 5.41) is 3.71. The van der Waals surface area contributed by atoms with Crippen LogP contribution in [0.15, 0.2) is 4.52 Å². The molecule has 1 aliphatic rings. The van der Waals surface area contributed by atoms with Crippen molar-refractivity contribution in [1.82, 2.24) is 10.1 Å². The van der Waals surface area contributed by atoms with Crippen LogP contribution in [0.3, 0.4) is 0 Å². The predicted molar refractivity (Wildman–Crippen MR) is 46.4 cm³/mol. The van der Waals surface area contributed by atoms with Crippen LogP contribution in [0.25, 0.3) is 0 Å². The largest absolute Gasteiger partial charge is 0.365 e.